The number of nitro benzene ring substituents is 1. The van der Waals surface area contributed by atoms with E-state index in [9.17, 15) is 23.7 Å². The predicted molar refractivity (Wildman–Crippen MR) is 70.2 cm³/mol. The monoisotopic (exact) mass is 313 g/mol. The van der Waals surface area contributed by atoms with Crippen LogP contribution in [0, 0.1) is 21.7 Å². The van der Waals surface area contributed by atoms with E-state index in [1.54, 1.807) is 0 Å². The van der Waals surface area contributed by atoms with Gasteiger partial charge in [0, 0.05) is 6.07 Å². The minimum Gasteiger partial charge on any atom is -0.306 e. The molecule has 9 heteroatoms. The van der Waals surface area contributed by atoms with E-state index in [0.717, 1.165) is 0 Å². The van der Waals surface area contributed by atoms with Crippen LogP contribution in [0.4, 0.5) is 20.3 Å². The highest BCUT2D eigenvalue weighted by Crippen LogP contribution is 2.24. The summed E-state index contributed by atoms with van der Waals surface area (Å²) in [6, 6.07) is 5.52. The molecule has 0 unspecified atom stereocenters. The molecule has 108 valence electrons. The van der Waals surface area contributed by atoms with Crippen LogP contribution in [0.3, 0.4) is 0 Å². The molecule has 1 aromatic heterocycles. The Morgan fingerprint density at radius 3 is 2.62 bits per heavy atom. The van der Waals surface area contributed by atoms with Gasteiger partial charge in [-0.15, -0.1) is 0 Å². The number of hydrogen-bond donors (Lipinski definition) is 1. The summed E-state index contributed by atoms with van der Waals surface area (Å²) in [4.78, 5) is 25.1. The van der Waals surface area contributed by atoms with Crippen molar-refractivity contribution in [3.63, 3.8) is 0 Å². The lowest BCUT2D eigenvalue weighted by atomic mass is 10.1. The summed E-state index contributed by atoms with van der Waals surface area (Å²) in [6.45, 7) is 0. The highest BCUT2D eigenvalue weighted by atomic mass is 35.5. The van der Waals surface area contributed by atoms with Gasteiger partial charge in [-0.2, -0.15) is 4.39 Å². The lowest BCUT2D eigenvalue weighted by Crippen LogP contribution is -2.17. The van der Waals surface area contributed by atoms with Crippen molar-refractivity contribution < 1.29 is 18.5 Å². The van der Waals surface area contributed by atoms with Gasteiger partial charge in [-0.1, -0.05) is 17.7 Å². The average molecular weight is 314 g/mol. The number of nitro groups is 1. The van der Waals surface area contributed by atoms with E-state index in [0.29, 0.717) is 12.1 Å². The number of benzene rings is 1. The maximum atomic E-state index is 13.8. The van der Waals surface area contributed by atoms with E-state index < -0.39 is 33.7 Å². The molecule has 0 bridgehead atoms. The Balaban J connectivity index is 2.39. The van der Waals surface area contributed by atoms with E-state index in [4.69, 9.17) is 11.6 Å². The van der Waals surface area contributed by atoms with Crippen molar-refractivity contribution in [2.75, 3.05) is 5.32 Å². The fraction of sp³-hybridized carbons (Fsp3) is 0. The van der Waals surface area contributed by atoms with Gasteiger partial charge < -0.3 is 5.32 Å². The van der Waals surface area contributed by atoms with Crippen molar-refractivity contribution in [1.29, 1.82) is 0 Å². The van der Waals surface area contributed by atoms with Crippen molar-refractivity contribution in [1.82, 2.24) is 4.98 Å². The fourth-order valence-corrected chi connectivity index (χ4v) is 1.71. The molecule has 0 saturated heterocycles. The van der Waals surface area contributed by atoms with Crippen molar-refractivity contribution in [2.45, 2.75) is 0 Å². The third kappa shape index (κ3) is 3.11. The van der Waals surface area contributed by atoms with Crippen molar-refractivity contribution in [2.24, 2.45) is 0 Å². The second kappa shape index (κ2) is 5.80. The molecule has 0 aliphatic heterocycles. The van der Waals surface area contributed by atoms with Gasteiger partial charge in [-0.05, 0) is 18.2 Å². The van der Waals surface area contributed by atoms with Crippen LogP contribution >= 0.6 is 11.6 Å². The molecule has 6 nitrogen and oxygen atoms in total. The normalized spacial score (nSPS) is 10.2. The maximum Gasteiger partial charge on any atom is 0.305 e. The number of nitrogens with zero attached hydrogens (tertiary/aromatic N) is 2. The van der Waals surface area contributed by atoms with Gasteiger partial charge in [0.15, 0.2) is 0 Å². The lowest BCUT2D eigenvalue weighted by molar-refractivity contribution is -0.387. The molecule has 0 fully saturated rings. The zero-order valence-corrected chi connectivity index (χ0v) is 10.9. The molecule has 1 amide bonds. The molecule has 1 heterocycles. The van der Waals surface area contributed by atoms with E-state index in [2.05, 4.69) is 10.3 Å². The molecule has 21 heavy (non-hydrogen) atoms. The van der Waals surface area contributed by atoms with Gasteiger partial charge in [0.1, 0.15) is 22.4 Å². The van der Waals surface area contributed by atoms with Crippen LogP contribution in [0.5, 0.6) is 0 Å². The number of aromatic nitrogens is 1. The Morgan fingerprint density at radius 1 is 1.29 bits per heavy atom. The van der Waals surface area contributed by atoms with E-state index in [1.165, 1.54) is 18.2 Å². The van der Waals surface area contributed by atoms with Crippen LogP contribution in [-0.2, 0) is 0 Å². The number of nitrogens with one attached hydrogen (secondary N) is 1. The van der Waals surface area contributed by atoms with Crippen LogP contribution in [0.25, 0.3) is 0 Å². The Hall–Kier alpha value is -2.61. The summed E-state index contributed by atoms with van der Waals surface area (Å²) in [5.74, 6) is -4.03. The molecule has 0 saturated carbocycles. The van der Waals surface area contributed by atoms with Crippen molar-refractivity contribution in [3.8, 4) is 0 Å². The molecular weight excluding hydrogens is 308 g/mol. The van der Waals surface area contributed by atoms with E-state index in [1.807, 2.05) is 0 Å². The molecule has 1 aromatic carbocycles. The maximum absolute atomic E-state index is 13.8. The van der Waals surface area contributed by atoms with Gasteiger partial charge in [-0.3, -0.25) is 14.9 Å². The molecule has 2 rings (SSSR count). The standard InChI is InChI=1S/C12H6ClF2N3O3/c13-8-2-1-3-9(16-8)17-12(19)10-6(14)4-5-7(11(10)15)18(20)21/h1-5H,(H,16,17,19). The zero-order chi connectivity index (χ0) is 15.6. The number of carbonyl (C=O) groups is 1. The Morgan fingerprint density at radius 2 is 2.00 bits per heavy atom. The van der Waals surface area contributed by atoms with Gasteiger partial charge in [0.25, 0.3) is 5.91 Å². The molecule has 1 N–H and O–H groups in total. The number of halogens is 3. The smallest absolute Gasteiger partial charge is 0.305 e. The summed E-state index contributed by atoms with van der Waals surface area (Å²) in [5, 5.41) is 12.8. The quantitative estimate of drug-likeness (QED) is 0.536. The predicted octanol–water partition coefficient (Wildman–Crippen LogP) is 3.17. The van der Waals surface area contributed by atoms with Crippen molar-refractivity contribution >= 4 is 29.0 Å². The highest BCUT2D eigenvalue weighted by molar-refractivity contribution is 6.29. The van der Waals surface area contributed by atoms with Crippen LogP contribution in [-0.4, -0.2) is 15.8 Å². The number of rotatable bonds is 3. The molecular formula is C12H6ClF2N3O3. The Kier molecular flexibility index (Phi) is 4.08. The first-order valence-corrected chi connectivity index (χ1v) is 5.84. The largest absolute Gasteiger partial charge is 0.306 e. The molecule has 0 aliphatic carbocycles. The van der Waals surface area contributed by atoms with Gasteiger partial charge in [0.2, 0.25) is 5.82 Å². The second-order valence-corrected chi connectivity index (χ2v) is 4.20. The van der Waals surface area contributed by atoms with E-state index >= 15 is 0 Å². The first kappa shape index (κ1) is 14.8. The SMILES string of the molecule is O=C(Nc1cccc(Cl)n1)c1c(F)ccc([N+](=O)[O-])c1F. The second-order valence-electron chi connectivity index (χ2n) is 3.81. The zero-order valence-electron chi connectivity index (χ0n) is 10.1. The third-order valence-electron chi connectivity index (χ3n) is 2.45. The van der Waals surface area contributed by atoms with Crippen LogP contribution in [0.15, 0.2) is 30.3 Å². The number of hydrogen-bond acceptors (Lipinski definition) is 4. The van der Waals surface area contributed by atoms with Crippen LogP contribution < -0.4 is 5.32 Å². The molecule has 0 aliphatic rings. The highest BCUT2D eigenvalue weighted by Gasteiger charge is 2.26. The topological polar surface area (TPSA) is 85.1 Å². The van der Waals surface area contributed by atoms with Gasteiger partial charge >= 0.3 is 5.69 Å². The van der Waals surface area contributed by atoms with Crippen molar-refractivity contribution in [3.05, 3.63) is 62.8 Å². The Labute approximate surface area is 121 Å². The fourth-order valence-electron chi connectivity index (χ4n) is 1.55. The number of anilines is 1. The summed E-state index contributed by atoms with van der Waals surface area (Å²) >= 11 is 5.60. The van der Waals surface area contributed by atoms with Gasteiger partial charge in [0.05, 0.1) is 4.92 Å². The lowest BCUT2D eigenvalue weighted by Gasteiger charge is -2.06. The minimum absolute atomic E-state index is 0.0437. The number of pyridine rings is 1. The first-order chi connectivity index (χ1) is 9.90. The number of carbonyl (C=O) groups excluding carboxylic acids is 1. The molecule has 0 atom stereocenters. The number of amides is 1. The van der Waals surface area contributed by atoms with Crippen LogP contribution in [0.1, 0.15) is 10.4 Å². The summed E-state index contributed by atoms with van der Waals surface area (Å²) < 4.78 is 27.4. The summed E-state index contributed by atoms with van der Waals surface area (Å²) in [7, 11) is 0. The van der Waals surface area contributed by atoms with Crippen LogP contribution in [0.2, 0.25) is 5.15 Å². The molecule has 0 radical (unpaired) electrons. The Bertz CT molecular complexity index is 740. The summed E-state index contributed by atoms with van der Waals surface area (Å²) in [5.41, 5.74) is -2.06. The third-order valence-corrected chi connectivity index (χ3v) is 2.66. The molecule has 0 spiro atoms. The minimum atomic E-state index is -1.56. The first-order valence-electron chi connectivity index (χ1n) is 5.46. The van der Waals surface area contributed by atoms with E-state index in [-0.39, 0.29) is 11.0 Å². The summed E-state index contributed by atoms with van der Waals surface area (Å²) in [6.07, 6.45) is 0. The van der Waals surface area contributed by atoms with Gasteiger partial charge in [-0.25, -0.2) is 9.37 Å². The average Bonchev–Trinajstić information content (AvgIpc) is 2.38. The molecule has 2 aromatic rings.